The number of hydrogen-bond acceptors (Lipinski definition) is 4. The Hall–Kier alpha value is -1.43. The van der Waals surface area contributed by atoms with Gasteiger partial charge in [0.05, 0.1) is 22.9 Å². The number of para-hydroxylation sites is 1. The molecule has 0 fully saturated rings. The third kappa shape index (κ3) is 2.85. The normalized spacial score (nSPS) is 13.8. The first-order chi connectivity index (χ1) is 9.49. The van der Waals surface area contributed by atoms with Crippen LogP contribution in [0.2, 0.25) is 0 Å². The summed E-state index contributed by atoms with van der Waals surface area (Å²) in [5, 5.41) is 5.79. The smallest absolute Gasteiger partial charge is 0.0795 e. The van der Waals surface area contributed by atoms with Crippen LogP contribution < -0.4 is 11.3 Å². The third-order valence-electron chi connectivity index (χ3n) is 3.79. The molecule has 5 heteroatoms. The van der Waals surface area contributed by atoms with Gasteiger partial charge in [-0.15, -0.1) is 0 Å². The second kappa shape index (κ2) is 5.91. The third-order valence-corrected chi connectivity index (χ3v) is 3.79. The average molecular weight is 276 g/mol. The van der Waals surface area contributed by atoms with Crippen LogP contribution in [0.3, 0.4) is 0 Å². The van der Waals surface area contributed by atoms with Crippen molar-refractivity contribution in [2.45, 2.75) is 38.8 Å². The van der Waals surface area contributed by atoms with E-state index in [1.807, 2.05) is 44.6 Å². The Balaban J connectivity index is 2.30. The molecule has 0 aliphatic heterocycles. The topological polar surface area (TPSA) is 65.1 Å². The van der Waals surface area contributed by atoms with Crippen LogP contribution in [0.4, 0.5) is 0 Å². The van der Waals surface area contributed by atoms with E-state index in [2.05, 4.69) is 22.7 Å². The Kier molecular flexibility index (Phi) is 4.42. The number of hydrogen-bond donors (Lipinski definition) is 2. The van der Waals surface area contributed by atoms with Gasteiger partial charge in [-0.2, -0.15) is 5.10 Å². The molecule has 2 aromatic rings. The Morgan fingerprint density at radius 2 is 2.10 bits per heavy atom. The van der Waals surface area contributed by atoms with E-state index in [0.29, 0.717) is 6.61 Å². The van der Waals surface area contributed by atoms with Crippen LogP contribution in [0, 0.1) is 0 Å². The van der Waals surface area contributed by atoms with Gasteiger partial charge in [0.1, 0.15) is 0 Å². The molecule has 5 nitrogen and oxygen atoms in total. The van der Waals surface area contributed by atoms with Crippen molar-refractivity contribution in [3.05, 3.63) is 30.0 Å². The van der Waals surface area contributed by atoms with Gasteiger partial charge in [0.15, 0.2) is 0 Å². The van der Waals surface area contributed by atoms with Crippen LogP contribution >= 0.6 is 0 Å². The molecule has 0 spiro atoms. The summed E-state index contributed by atoms with van der Waals surface area (Å²) in [6.45, 7) is 6.75. The van der Waals surface area contributed by atoms with E-state index < -0.39 is 0 Å². The van der Waals surface area contributed by atoms with E-state index in [4.69, 9.17) is 10.6 Å². The molecular weight excluding hydrogens is 252 g/mol. The first kappa shape index (κ1) is 15.0. The van der Waals surface area contributed by atoms with Gasteiger partial charge in [0.2, 0.25) is 0 Å². The molecule has 1 unspecified atom stereocenters. The summed E-state index contributed by atoms with van der Waals surface area (Å²) < 4.78 is 7.71. The average Bonchev–Trinajstić information content (AvgIpc) is 2.73. The van der Waals surface area contributed by atoms with E-state index in [1.165, 1.54) is 5.39 Å². The van der Waals surface area contributed by atoms with Crippen LogP contribution in [0.5, 0.6) is 0 Å². The van der Waals surface area contributed by atoms with Gasteiger partial charge in [-0.25, -0.2) is 0 Å². The minimum absolute atomic E-state index is 0.000700. The molecule has 0 saturated carbocycles. The summed E-state index contributed by atoms with van der Waals surface area (Å²) in [6, 6.07) is 8.23. The molecule has 0 bridgehead atoms. The zero-order valence-corrected chi connectivity index (χ0v) is 12.7. The predicted molar refractivity (Wildman–Crippen MR) is 81.2 cm³/mol. The summed E-state index contributed by atoms with van der Waals surface area (Å²) in [5.74, 6) is 5.72. The number of aryl methyl sites for hydroxylation is 1. The lowest BCUT2D eigenvalue weighted by Gasteiger charge is -2.33. The number of rotatable bonds is 6. The van der Waals surface area contributed by atoms with E-state index in [-0.39, 0.29) is 11.6 Å². The second-order valence-corrected chi connectivity index (χ2v) is 5.55. The molecule has 0 aliphatic rings. The van der Waals surface area contributed by atoms with E-state index in [9.17, 15) is 0 Å². The number of nitrogens with zero attached hydrogens (tertiary/aromatic N) is 2. The van der Waals surface area contributed by atoms with Gasteiger partial charge in [-0.1, -0.05) is 18.2 Å². The predicted octanol–water partition coefficient (Wildman–Crippen LogP) is 1.76. The number of aromatic nitrogens is 2. The molecule has 0 amide bonds. The van der Waals surface area contributed by atoms with Gasteiger partial charge in [0.25, 0.3) is 0 Å². The number of nitrogens with one attached hydrogen (secondary N) is 1. The number of benzene rings is 1. The summed E-state index contributed by atoms with van der Waals surface area (Å²) in [7, 11) is 1.96. The Bertz CT molecular complexity index is 576. The van der Waals surface area contributed by atoms with Gasteiger partial charge < -0.3 is 4.74 Å². The zero-order valence-electron chi connectivity index (χ0n) is 12.7. The van der Waals surface area contributed by atoms with Crippen LogP contribution in [0.15, 0.2) is 24.3 Å². The fraction of sp³-hybridized carbons (Fsp3) is 0.533. The van der Waals surface area contributed by atoms with Gasteiger partial charge >= 0.3 is 0 Å². The molecule has 20 heavy (non-hydrogen) atoms. The van der Waals surface area contributed by atoms with Gasteiger partial charge in [0, 0.05) is 25.5 Å². The lowest BCUT2D eigenvalue weighted by atomic mass is 9.94. The standard InChI is InChI=1S/C15H24N4O/c1-5-20-15(2,3)14(17-16)10-12-11-8-6-7-9-13(11)19(4)18-12/h6-9,14,17H,5,10,16H2,1-4H3. The first-order valence-corrected chi connectivity index (χ1v) is 7.00. The summed E-state index contributed by atoms with van der Waals surface area (Å²) >= 11 is 0. The number of nitrogens with two attached hydrogens (primary N) is 1. The van der Waals surface area contributed by atoms with Crippen molar-refractivity contribution in [1.29, 1.82) is 0 Å². The Labute approximate surface area is 120 Å². The molecule has 1 atom stereocenters. The zero-order chi connectivity index (χ0) is 14.8. The fourth-order valence-corrected chi connectivity index (χ4v) is 2.61. The van der Waals surface area contributed by atoms with Crippen molar-refractivity contribution in [3.8, 4) is 0 Å². The molecule has 110 valence electrons. The van der Waals surface area contributed by atoms with Crippen molar-refractivity contribution in [2.24, 2.45) is 12.9 Å². The Morgan fingerprint density at radius 3 is 2.75 bits per heavy atom. The van der Waals surface area contributed by atoms with E-state index >= 15 is 0 Å². The maximum absolute atomic E-state index is 5.80. The highest BCUT2D eigenvalue weighted by atomic mass is 16.5. The maximum Gasteiger partial charge on any atom is 0.0795 e. The molecule has 0 radical (unpaired) electrons. The summed E-state index contributed by atoms with van der Waals surface area (Å²) in [6.07, 6.45) is 0.727. The molecule has 3 N–H and O–H groups in total. The minimum Gasteiger partial charge on any atom is -0.374 e. The molecule has 1 aromatic carbocycles. The second-order valence-electron chi connectivity index (χ2n) is 5.55. The molecule has 1 aromatic heterocycles. The highest BCUT2D eigenvalue weighted by Crippen LogP contribution is 2.23. The monoisotopic (exact) mass is 276 g/mol. The minimum atomic E-state index is -0.345. The Morgan fingerprint density at radius 1 is 1.40 bits per heavy atom. The summed E-state index contributed by atoms with van der Waals surface area (Å²) in [4.78, 5) is 0. The van der Waals surface area contributed by atoms with Crippen molar-refractivity contribution in [3.63, 3.8) is 0 Å². The van der Waals surface area contributed by atoms with Crippen molar-refractivity contribution in [1.82, 2.24) is 15.2 Å². The first-order valence-electron chi connectivity index (χ1n) is 7.00. The number of ether oxygens (including phenoxy) is 1. The van der Waals surface area contributed by atoms with E-state index in [1.54, 1.807) is 0 Å². The van der Waals surface area contributed by atoms with Crippen LogP contribution in [-0.4, -0.2) is 28.0 Å². The van der Waals surface area contributed by atoms with Crippen molar-refractivity contribution in [2.75, 3.05) is 6.61 Å². The van der Waals surface area contributed by atoms with Crippen molar-refractivity contribution < 1.29 is 4.74 Å². The quantitative estimate of drug-likeness (QED) is 0.623. The van der Waals surface area contributed by atoms with Crippen LogP contribution in [0.1, 0.15) is 26.5 Å². The maximum atomic E-state index is 5.80. The lowest BCUT2D eigenvalue weighted by molar-refractivity contribution is -0.0382. The highest BCUT2D eigenvalue weighted by Gasteiger charge is 2.30. The molecule has 2 rings (SSSR count). The highest BCUT2D eigenvalue weighted by molar-refractivity contribution is 5.81. The van der Waals surface area contributed by atoms with Gasteiger partial charge in [-0.3, -0.25) is 16.0 Å². The van der Waals surface area contributed by atoms with Crippen molar-refractivity contribution >= 4 is 10.9 Å². The van der Waals surface area contributed by atoms with Crippen LogP contribution in [0.25, 0.3) is 10.9 Å². The summed E-state index contributed by atoms with van der Waals surface area (Å²) in [5.41, 5.74) is 4.70. The largest absolute Gasteiger partial charge is 0.374 e. The molecule has 0 aliphatic carbocycles. The molecule has 1 heterocycles. The fourth-order valence-electron chi connectivity index (χ4n) is 2.61. The number of hydrazine groups is 1. The van der Waals surface area contributed by atoms with Crippen LogP contribution in [-0.2, 0) is 18.2 Å². The number of fused-ring (bicyclic) bond motifs is 1. The SMILES string of the molecule is CCOC(C)(C)C(Cc1nn(C)c2ccccc12)NN. The molecular formula is C15H24N4O. The lowest BCUT2D eigenvalue weighted by Crippen LogP contribution is -2.52. The van der Waals surface area contributed by atoms with E-state index in [0.717, 1.165) is 17.6 Å². The van der Waals surface area contributed by atoms with Gasteiger partial charge in [-0.05, 0) is 26.8 Å². The molecule has 0 saturated heterocycles.